The average Bonchev–Trinajstić information content (AvgIpc) is 2.46. The zero-order valence-corrected chi connectivity index (χ0v) is 13.2. The molecule has 1 heterocycles. The zero-order chi connectivity index (χ0) is 14.4. The maximum Gasteiger partial charge on any atom is 0.221 e. The lowest BCUT2D eigenvalue weighted by Crippen LogP contribution is -2.41. The summed E-state index contributed by atoms with van der Waals surface area (Å²) in [6, 6.07) is 5.83. The first-order valence-electron chi connectivity index (χ1n) is 6.66. The summed E-state index contributed by atoms with van der Waals surface area (Å²) in [5.74, 6) is 1.60. The van der Waals surface area contributed by atoms with E-state index in [4.69, 9.17) is 0 Å². The van der Waals surface area contributed by atoms with Crippen molar-refractivity contribution in [2.75, 3.05) is 24.6 Å². The minimum Gasteiger partial charge on any atom is -0.387 e. The Balaban J connectivity index is 0.00000220. The molecule has 4 nitrogen and oxygen atoms in total. The third-order valence-electron chi connectivity index (χ3n) is 3.18. The topological polar surface area (TPSA) is 61.4 Å². The molecule has 1 aromatic rings. The molecule has 118 valence electrons. The molecule has 1 saturated heterocycles. The van der Waals surface area contributed by atoms with Crippen LogP contribution in [0, 0.1) is 5.82 Å². The van der Waals surface area contributed by atoms with Crippen molar-refractivity contribution >= 4 is 30.1 Å². The van der Waals surface area contributed by atoms with Crippen LogP contribution in [-0.2, 0) is 4.79 Å². The van der Waals surface area contributed by atoms with Crippen molar-refractivity contribution in [1.82, 2.24) is 10.6 Å². The molecule has 7 heteroatoms. The highest BCUT2D eigenvalue weighted by Crippen LogP contribution is 2.13. The molecule has 1 amide bonds. The van der Waals surface area contributed by atoms with Crippen molar-refractivity contribution in [3.63, 3.8) is 0 Å². The van der Waals surface area contributed by atoms with Crippen molar-refractivity contribution in [2.45, 2.75) is 18.6 Å². The highest BCUT2D eigenvalue weighted by Gasteiger charge is 2.17. The minimum absolute atomic E-state index is 0. The summed E-state index contributed by atoms with van der Waals surface area (Å²) in [4.78, 5) is 11.8. The van der Waals surface area contributed by atoms with Crippen LogP contribution in [0.4, 0.5) is 4.39 Å². The Labute approximate surface area is 134 Å². The maximum absolute atomic E-state index is 12.8. The molecular weight excluding hydrogens is 315 g/mol. The molecule has 0 spiro atoms. The molecule has 1 aliphatic rings. The van der Waals surface area contributed by atoms with Gasteiger partial charge in [0, 0.05) is 37.1 Å². The number of hydrogen-bond acceptors (Lipinski definition) is 4. The van der Waals surface area contributed by atoms with E-state index in [1.165, 1.54) is 24.3 Å². The van der Waals surface area contributed by atoms with Gasteiger partial charge in [0.15, 0.2) is 0 Å². The van der Waals surface area contributed by atoms with Gasteiger partial charge in [-0.05, 0) is 17.7 Å². The standard InChI is InChI=1S/C14H19FN2O2S.ClH/c15-11-3-1-10(2-4-11)13(18)8-17-14(19)7-12-9-20-6-5-16-12;/h1-4,12-13,16,18H,5-9H2,(H,17,19);1H. The first-order valence-corrected chi connectivity index (χ1v) is 7.82. The number of nitrogens with one attached hydrogen (secondary N) is 2. The normalized spacial score (nSPS) is 19.4. The lowest BCUT2D eigenvalue weighted by molar-refractivity contribution is -0.121. The Morgan fingerprint density at radius 3 is 2.81 bits per heavy atom. The van der Waals surface area contributed by atoms with Crippen LogP contribution in [0.15, 0.2) is 24.3 Å². The van der Waals surface area contributed by atoms with Gasteiger partial charge in [-0.2, -0.15) is 11.8 Å². The van der Waals surface area contributed by atoms with E-state index in [1.807, 2.05) is 11.8 Å². The Bertz CT molecular complexity index is 441. The monoisotopic (exact) mass is 334 g/mol. The van der Waals surface area contributed by atoms with Gasteiger partial charge in [-0.25, -0.2) is 4.39 Å². The zero-order valence-electron chi connectivity index (χ0n) is 11.5. The van der Waals surface area contributed by atoms with E-state index in [-0.39, 0.29) is 36.7 Å². The van der Waals surface area contributed by atoms with Crippen LogP contribution in [-0.4, -0.2) is 41.7 Å². The molecule has 21 heavy (non-hydrogen) atoms. The SMILES string of the molecule is Cl.O=C(CC1CSCCN1)NCC(O)c1ccc(F)cc1. The molecule has 0 radical (unpaired) electrons. The Morgan fingerprint density at radius 2 is 2.19 bits per heavy atom. The summed E-state index contributed by atoms with van der Waals surface area (Å²) in [6.45, 7) is 1.07. The van der Waals surface area contributed by atoms with E-state index in [1.54, 1.807) is 0 Å². The van der Waals surface area contributed by atoms with Crippen molar-refractivity contribution in [3.8, 4) is 0 Å². The lowest BCUT2D eigenvalue weighted by Gasteiger charge is -2.22. The average molecular weight is 335 g/mol. The van der Waals surface area contributed by atoms with E-state index in [9.17, 15) is 14.3 Å². The van der Waals surface area contributed by atoms with Gasteiger partial charge in [0.25, 0.3) is 0 Å². The molecule has 0 aliphatic carbocycles. The van der Waals surface area contributed by atoms with Gasteiger partial charge in [0.1, 0.15) is 5.82 Å². The van der Waals surface area contributed by atoms with Gasteiger partial charge in [-0.15, -0.1) is 12.4 Å². The summed E-state index contributed by atoms with van der Waals surface area (Å²) >= 11 is 1.84. The number of aliphatic hydroxyl groups excluding tert-OH is 1. The Hall–Kier alpha value is -0.820. The number of hydrogen-bond donors (Lipinski definition) is 3. The highest BCUT2D eigenvalue weighted by molar-refractivity contribution is 7.99. The van der Waals surface area contributed by atoms with Gasteiger partial charge in [0.2, 0.25) is 5.91 Å². The van der Waals surface area contributed by atoms with Crippen molar-refractivity contribution in [1.29, 1.82) is 0 Å². The molecule has 1 fully saturated rings. The Kier molecular flexibility index (Phi) is 8.03. The molecular formula is C14H20ClFN2O2S. The fraction of sp³-hybridized carbons (Fsp3) is 0.500. The minimum atomic E-state index is -0.812. The predicted molar refractivity (Wildman–Crippen MR) is 85.4 cm³/mol. The van der Waals surface area contributed by atoms with E-state index in [0.29, 0.717) is 12.0 Å². The first kappa shape index (κ1) is 18.2. The van der Waals surface area contributed by atoms with Gasteiger partial charge in [0.05, 0.1) is 6.10 Å². The molecule has 3 N–H and O–H groups in total. The summed E-state index contributed by atoms with van der Waals surface area (Å²) in [5.41, 5.74) is 0.595. The molecule has 2 unspecified atom stereocenters. The van der Waals surface area contributed by atoms with E-state index < -0.39 is 6.10 Å². The van der Waals surface area contributed by atoms with Crippen LogP contribution in [0.2, 0.25) is 0 Å². The number of benzene rings is 1. The molecule has 2 rings (SSSR count). The number of aliphatic hydroxyl groups is 1. The second kappa shape index (κ2) is 9.25. The largest absolute Gasteiger partial charge is 0.387 e. The van der Waals surface area contributed by atoms with Crippen LogP contribution in [0.1, 0.15) is 18.1 Å². The number of rotatable bonds is 5. The smallest absolute Gasteiger partial charge is 0.221 e. The van der Waals surface area contributed by atoms with Crippen LogP contribution < -0.4 is 10.6 Å². The maximum atomic E-state index is 12.8. The van der Waals surface area contributed by atoms with E-state index >= 15 is 0 Å². The molecule has 0 aromatic heterocycles. The highest BCUT2D eigenvalue weighted by atomic mass is 35.5. The first-order chi connectivity index (χ1) is 9.65. The predicted octanol–water partition coefficient (Wildman–Crippen LogP) is 1.49. The number of carbonyl (C=O) groups is 1. The number of thioether (sulfide) groups is 1. The summed E-state index contributed by atoms with van der Waals surface area (Å²) in [7, 11) is 0. The fourth-order valence-electron chi connectivity index (χ4n) is 2.06. The quantitative estimate of drug-likeness (QED) is 0.763. The van der Waals surface area contributed by atoms with Crippen LogP contribution in [0.25, 0.3) is 0 Å². The van der Waals surface area contributed by atoms with E-state index in [0.717, 1.165) is 18.1 Å². The van der Waals surface area contributed by atoms with Gasteiger partial charge >= 0.3 is 0 Å². The van der Waals surface area contributed by atoms with Crippen LogP contribution in [0.3, 0.4) is 0 Å². The van der Waals surface area contributed by atoms with Crippen molar-refractivity contribution in [3.05, 3.63) is 35.6 Å². The third-order valence-corrected chi connectivity index (χ3v) is 4.31. The Morgan fingerprint density at radius 1 is 1.48 bits per heavy atom. The number of halogens is 2. The fourth-order valence-corrected chi connectivity index (χ4v) is 3.01. The second-order valence-electron chi connectivity index (χ2n) is 4.80. The van der Waals surface area contributed by atoms with Gasteiger partial charge in [-0.1, -0.05) is 12.1 Å². The molecule has 2 atom stereocenters. The molecule has 1 aliphatic heterocycles. The lowest BCUT2D eigenvalue weighted by atomic mass is 10.1. The number of carbonyl (C=O) groups excluding carboxylic acids is 1. The summed E-state index contributed by atoms with van der Waals surface area (Å²) in [5, 5.41) is 15.9. The van der Waals surface area contributed by atoms with E-state index in [2.05, 4.69) is 10.6 Å². The van der Waals surface area contributed by atoms with Crippen molar-refractivity contribution in [2.24, 2.45) is 0 Å². The van der Waals surface area contributed by atoms with Crippen molar-refractivity contribution < 1.29 is 14.3 Å². The summed E-state index contributed by atoms with van der Waals surface area (Å²) in [6.07, 6.45) is -0.392. The molecule has 1 aromatic carbocycles. The number of amides is 1. The van der Waals surface area contributed by atoms with Crippen LogP contribution >= 0.6 is 24.2 Å². The molecule has 0 saturated carbocycles. The molecule has 0 bridgehead atoms. The van der Waals surface area contributed by atoms with Crippen LogP contribution in [0.5, 0.6) is 0 Å². The second-order valence-corrected chi connectivity index (χ2v) is 5.95. The third kappa shape index (κ3) is 6.22. The van der Waals surface area contributed by atoms with Gasteiger partial charge in [-0.3, -0.25) is 4.79 Å². The summed E-state index contributed by atoms with van der Waals surface area (Å²) < 4.78 is 12.8. The van der Waals surface area contributed by atoms with Gasteiger partial charge < -0.3 is 15.7 Å².